The minimum Gasteiger partial charge on any atom is -0.352 e. The van der Waals surface area contributed by atoms with E-state index in [1.54, 1.807) is 50.2 Å². The smallest absolute Gasteiger partial charge is 0.244 e. The van der Waals surface area contributed by atoms with E-state index < -0.39 is 28.5 Å². The molecule has 7 nitrogen and oxygen atoms in total. The van der Waals surface area contributed by atoms with Gasteiger partial charge in [0.15, 0.2) is 0 Å². The highest BCUT2D eigenvalue weighted by Crippen LogP contribution is 2.29. The lowest BCUT2D eigenvalue weighted by Gasteiger charge is -2.33. The van der Waals surface area contributed by atoms with Gasteiger partial charge in [-0.25, -0.2) is 8.42 Å². The predicted molar refractivity (Wildman–Crippen MR) is 147 cm³/mol. The predicted octanol–water partition coefficient (Wildman–Crippen LogP) is 5.44. The van der Waals surface area contributed by atoms with Gasteiger partial charge in [0.2, 0.25) is 21.8 Å². The molecule has 0 fully saturated rings. The molecule has 0 aliphatic carbocycles. The van der Waals surface area contributed by atoms with E-state index in [1.807, 2.05) is 13.8 Å². The molecule has 0 bridgehead atoms. The molecule has 0 saturated heterocycles. The van der Waals surface area contributed by atoms with E-state index in [2.05, 4.69) is 5.32 Å². The van der Waals surface area contributed by atoms with Crippen LogP contribution in [-0.4, -0.2) is 50.0 Å². The Morgan fingerprint density at radius 3 is 2.22 bits per heavy atom. The average Bonchev–Trinajstić information content (AvgIpc) is 2.80. The Morgan fingerprint density at radius 1 is 1.00 bits per heavy atom. The molecule has 0 saturated carbocycles. The van der Waals surface area contributed by atoms with Crippen LogP contribution in [0, 0.1) is 6.92 Å². The highest BCUT2D eigenvalue weighted by Gasteiger charge is 2.32. The molecule has 0 heterocycles. The van der Waals surface area contributed by atoms with Gasteiger partial charge < -0.3 is 10.2 Å². The minimum atomic E-state index is -3.86. The van der Waals surface area contributed by atoms with Gasteiger partial charge in [0.25, 0.3) is 0 Å². The molecule has 2 aromatic carbocycles. The van der Waals surface area contributed by atoms with Crippen molar-refractivity contribution >= 4 is 62.3 Å². The molecule has 0 aliphatic heterocycles. The van der Waals surface area contributed by atoms with Crippen molar-refractivity contribution in [3.8, 4) is 0 Å². The number of amides is 2. The number of hydrogen-bond acceptors (Lipinski definition) is 4. The monoisotopic (exact) mass is 575 g/mol. The lowest BCUT2D eigenvalue weighted by molar-refractivity contribution is -0.140. The van der Waals surface area contributed by atoms with Crippen molar-refractivity contribution in [1.82, 2.24) is 10.2 Å². The van der Waals surface area contributed by atoms with Crippen LogP contribution in [0.1, 0.15) is 44.7 Å². The highest BCUT2D eigenvalue weighted by atomic mass is 35.5. The summed E-state index contributed by atoms with van der Waals surface area (Å²) in [7, 11) is -3.86. The second-order valence-electron chi connectivity index (χ2n) is 8.67. The normalized spacial score (nSPS) is 13.1. The summed E-state index contributed by atoms with van der Waals surface area (Å²) < 4.78 is 26.5. The number of nitrogens with one attached hydrogen (secondary N) is 1. The van der Waals surface area contributed by atoms with E-state index in [9.17, 15) is 18.0 Å². The number of nitrogens with zero attached hydrogens (tertiary/aromatic N) is 2. The van der Waals surface area contributed by atoms with Crippen LogP contribution >= 0.6 is 34.8 Å². The molecule has 2 rings (SSSR count). The van der Waals surface area contributed by atoms with Crippen molar-refractivity contribution in [2.24, 2.45) is 0 Å². The first-order valence-electron chi connectivity index (χ1n) is 11.6. The van der Waals surface area contributed by atoms with E-state index in [0.717, 1.165) is 17.0 Å². The van der Waals surface area contributed by atoms with Gasteiger partial charge in [-0.15, -0.1) is 0 Å². The zero-order valence-corrected chi connectivity index (χ0v) is 24.1. The zero-order valence-electron chi connectivity index (χ0n) is 21.0. The second-order valence-corrected chi connectivity index (χ2v) is 11.8. The molecule has 0 aromatic heterocycles. The maximum absolute atomic E-state index is 13.7. The van der Waals surface area contributed by atoms with E-state index in [0.29, 0.717) is 38.3 Å². The molecule has 0 radical (unpaired) electrons. The summed E-state index contributed by atoms with van der Waals surface area (Å²) in [6.07, 6.45) is 2.07. The van der Waals surface area contributed by atoms with Gasteiger partial charge in [-0.1, -0.05) is 60.8 Å². The minimum absolute atomic E-state index is 0.0360. The first kappa shape index (κ1) is 30.2. The number of hydrogen-bond donors (Lipinski definition) is 1. The van der Waals surface area contributed by atoms with E-state index in [1.165, 1.54) is 4.90 Å². The van der Waals surface area contributed by atoms with Crippen molar-refractivity contribution in [3.05, 3.63) is 62.6 Å². The van der Waals surface area contributed by atoms with Gasteiger partial charge in [0.1, 0.15) is 12.6 Å². The molecule has 0 spiro atoms. The summed E-state index contributed by atoms with van der Waals surface area (Å²) in [5, 5.41) is 3.97. The standard InChI is InChI=1S/C25H32Cl3N3O4S/c1-6-16(3)29-25(33)22(7-2)30(14-18-11-12-20(27)21(28)13-18)24(32)15-31(36(5,34)35)23-10-8-9-19(26)17(23)4/h8-13,16,22H,6-7,14-15H2,1-5H3,(H,29,33)/t16-,22-/m0/s1. The first-order chi connectivity index (χ1) is 16.8. The quantitative estimate of drug-likeness (QED) is 0.386. The van der Waals surface area contributed by atoms with E-state index in [-0.39, 0.29) is 18.5 Å². The third-order valence-electron chi connectivity index (χ3n) is 5.91. The van der Waals surface area contributed by atoms with Crippen LogP contribution in [0.4, 0.5) is 5.69 Å². The van der Waals surface area contributed by atoms with E-state index in [4.69, 9.17) is 34.8 Å². The maximum Gasteiger partial charge on any atom is 0.244 e. The Bertz CT molecular complexity index is 1210. The van der Waals surface area contributed by atoms with Gasteiger partial charge in [-0.2, -0.15) is 0 Å². The SMILES string of the molecule is CC[C@H](C)NC(=O)[C@H](CC)N(Cc1ccc(Cl)c(Cl)c1)C(=O)CN(c1cccc(Cl)c1C)S(C)(=O)=O. The van der Waals surface area contributed by atoms with Crippen LogP contribution < -0.4 is 9.62 Å². The van der Waals surface area contributed by atoms with Crippen molar-refractivity contribution in [2.45, 2.75) is 59.2 Å². The number of halogens is 3. The Morgan fingerprint density at radius 2 is 1.67 bits per heavy atom. The summed E-state index contributed by atoms with van der Waals surface area (Å²) in [4.78, 5) is 28.3. The van der Waals surface area contributed by atoms with Crippen LogP contribution in [0.2, 0.25) is 15.1 Å². The number of rotatable bonds is 11. The van der Waals surface area contributed by atoms with Crippen molar-refractivity contribution in [3.63, 3.8) is 0 Å². The summed E-state index contributed by atoms with van der Waals surface area (Å²) >= 11 is 18.5. The largest absolute Gasteiger partial charge is 0.352 e. The Kier molecular flexibility index (Phi) is 10.9. The summed E-state index contributed by atoms with van der Waals surface area (Å²) in [6, 6.07) is 8.88. The number of benzene rings is 2. The number of anilines is 1. The molecule has 11 heteroatoms. The van der Waals surface area contributed by atoms with Crippen LogP contribution in [0.3, 0.4) is 0 Å². The summed E-state index contributed by atoms with van der Waals surface area (Å²) in [5.41, 5.74) is 1.47. The van der Waals surface area contributed by atoms with Gasteiger partial charge in [0, 0.05) is 17.6 Å². The summed E-state index contributed by atoms with van der Waals surface area (Å²) in [5.74, 6) is -0.859. The Hall–Kier alpha value is -2.00. The van der Waals surface area contributed by atoms with E-state index >= 15 is 0 Å². The van der Waals surface area contributed by atoms with Crippen molar-refractivity contribution in [2.75, 3.05) is 17.1 Å². The molecule has 2 atom stereocenters. The second kappa shape index (κ2) is 13.0. The molecule has 36 heavy (non-hydrogen) atoms. The first-order valence-corrected chi connectivity index (χ1v) is 14.5. The Balaban J connectivity index is 2.51. The zero-order chi connectivity index (χ0) is 27.2. The fraction of sp³-hybridized carbons (Fsp3) is 0.440. The van der Waals surface area contributed by atoms with Crippen LogP contribution in [0.15, 0.2) is 36.4 Å². The molecular formula is C25H32Cl3N3O4S. The topological polar surface area (TPSA) is 86.8 Å². The molecule has 0 aliphatic rings. The molecular weight excluding hydrogens is 545 g/mol. The average molecular weight is 577 g/mol. The lowest BCUT2D eigenvalue weighted by atomic mass is 10.1. The molecule has 0 unspecified atom stereocenters. The van der Waals surface area contributed by atoms with Crippen LogP contribution in [0.25, 0.3) is 0 Å². The Labute approximate surface area is 228 Å². The van der Waals surface area contributed by atoms with Gasteiger partial charge in [-0.05, 0) is 62.1 Å². The fourth-order valence-corrected chi connectivity index (χ4v) is 5.05. The third-order valence-corrected chi connectivity index (χ3v) is 8.19. The van der Waals surface area contributed by atoms with Gasteiger partial charge in [-0.3, -0.25) is 13.9 Å². The number of carbonyl (C=O) groups is 2. The molecule has 198 valence electrons. The third kappa shape index (κ3) is 7.75. The van der Waals surface area contributed by atoms with Crippen molar-refractivity contribution < 1.29 is 18.0 Å². The molecule has 1 N–H and O–H groups in total. The van der Waals surface area contributed by atoms with Crippen molar-refractivity contribution in [1.29, 1.82) is 0 Å². The highest BCUT2D eigenvalue weighted by molar-refractivity contribution is 7.92. The lowest BCUT2D eigenvalue weighted by Crippen LogP contribution is -2.53. The molecule has 2 amide bonds. The maximum atomic E-state index is 13.7. The summed E-state index contributed by atoms with van der Waals surface area (Å²) in [6.45, 7) is 6.83. The van der Waals surface area contributed by atoms with Crippen LogP contribution in [0.5, 0.6) is 0 Å². The number of sulfonamides is 1. The van der Waals surface area contributed by atoms with Crippen LogP contribution in [-0.2, 0) is 26.2 Å². The van der Waals surface area contributed by atoms with Gasteiger partial charge in [0.05, 0.1) is 22.0 Å². The molecule has 2 aromatic rings. The van der Waals surface area contributed by atoms with Gasteiger partial charge >= 0.3 is 0 Å². The fourth-order valence-electron chi connectivity index (χ4n) is 3.66. The number of carbonyl (C=O) groups excluding carboxylic acids is 2.